The van der Waals surface area contributed by atoms with Crippen molar-refractivity contribution in [2.24, 2.45) is 0 Å². The summed E-state index contributed by atoms with van der Waals surface area (Å²) in [6.45, 7) is 12.5. The van der Waals surface area contributed by atoms with Gasteiger partial charge in [-0.1, -0.05) is 87.5 Å². The molecule has 4 aromatic rings. The van der Waals surface area contributed by atoms with Gasteiger partial charge in [-0.05, 0) is 55.0 Å². The van der Waals surface area contributed by atoms with Gasteiger partial charge in [0.1, 0.15) is 24.1 Å². The normalized spacial score (nSPS) is 12.7. The van der Waals surface area contributed by atoms with Crippen LogP contribution >= 0.6 is 0 Å². The number of aromatic nitrogens is 2. The van der Waals surface area contributed by atoms with E-state index in [1.807, 2.05) is 60.7 Å². The molecule has 3 aromatic carbocycles. The van der Waals surface area contributed by atoms with Crippen LogP contribution in [0.3, 0.4) is 0 Å². The second kappa shape index (κ2) is 11.9. The Balaban J connectivity index is 1.73. The summed E-state index contributed by atoms with van der Waals surface area (Å²) >= 11 is 0. The Morgan fingerprint density at radius 2 is 1.50 bits per heavy atom. The number of imidazole rings is 1. The highest BCUT2D eigenvalue weighted by Crippen LogP contribution is 2.30. The SMILES string of the molecule is CC(C)(C)OC(=O)N[C@@H](CC(=O)OCc1ccccc1)c1nc2cc(C(C)(C)C)ccc2n1Cc1ccccc1. The molecule has 0 unspecified atom stereocenters. The standard InChI is InChI=1S/C33H39N3O4/c1-32(2,3)25-17-18-28-26(19-25)34-30(36(28)21-23-13-9-7-10-14-23)27(35-31(38)40-33(4,5)6)20-29(37)39-22-24-15-11-8-12-16-24/h7-19,27H,20-22H2,1-6H3,(H,35,38)/t27-/m0/s1. The maximum absolute atomic E-state index is 13.1. The first-order chi connectivity index (χ1) is 18.9. The quantitative estimate of drug-likeness (QED) is 0.241. The summed E-state index contributed by atoms with van der Waals surface area (Å²) < 4.78 is 13.2. The zero-order chi connectivity index (χ0) is 28.9. The molecule has 1 atom stereocenters. The Kier molecular flexibility index (Phi) is 8.62. The van der Waals surface area contributed by atoms with Crippen LogP contribution in [0.2, 0.25) is 0 Å². The van der Waals surface area contributed by atoms with Gasteiger partial charge in [-0.25, -0.2) is 9.78 Å². The van der Waals surface area contributed by atoms with E-state index >= 15 is 0 Å². The molecule has 1 amide bonds. The third-order valence-electron chi connectivity index (χ3n) is 6.44. The molecule has 0 bridgehead atoms. The predicted molar refractivity (Wildman–Crippen MR) is 157 cm³/mol. The van der Waals surface area contributed by atoms with Gasteiger partial charge in [0, 0.05) is 6.54 Å². The van der Waals surface area contributed by atoms with E-state index in [4.69, 9.17) is 14.5 Å². The van der Waals surface area contributed by atoms with Crippen molar-refractivity contribution in [3.63, 3.8) is 0 Å². The Hall–Kier alpha value is -4.13. The highest BCUT2D eigenvalue weighted by atomic mass is 16.6. The molecule has 0 saturated heterocycles. The Morgan fingerprint density at radius 1 is 0.875 bits per heavy atom. The van der Waals surface area contributed by atoms with Crippen molar-refractivity contribution >= 4 is 23.1 Å². The first kappa shape index (κ1) is 28.9. The third-order valence-corrected chi connectivity index (χ3v) is 6.44. The lowest BCUT2D eigenvalue weighted by atomic mass is 9.87. The summed E-state index contributed by atoms with van der Waals surface area (Å²) in [4.78, 5) is 31.0. The minimum absolute atomic E-state index is 0.0625. The van der Waals surface area contributed by atoms with Crippen molar-refractivity contribution in [2.75, 3.05) is 0 Å². The Morgan fingerprint density at radius 3 is 2.10 bits per heavy atom. The minimum Gasteiger partial charge on any atom is -0.461 e. The summed E-state index contributed by atoms with van der Waals surface area (Å²) in [5.74, 6) is 0.117. The number of rotatable bonds is 8. The molecular weight excluding hydrogens is 502 g/mol. The second-order valence-corrected chi connectivity index (χ2v) is 12.0. The van der Waals surface area contributed by atoms with Crippen LogP contribution in [0.1, 0.15) is 76.5 Å². The van der Waals surface area contributed by atoms with E-state index in [1.165, 1.54) is 0 Å². The summed E-state index contributed by atoms with van der Waals surface area (Å²) in [6, 6.07) is 25.0. The zero-order valence-corrected chi connectivity index (χ0v) is 24.2. The lowest BCUT2D eigenvalue weighted by Gasteiger charge is -2.24. The Bertz CT molecular complexity index is 1450. The van der Waals surface area contributed by atoms with Crippen LogP contribution < -0.4 is 5.32 Å². The van der Waals surface area contributed by atoms with E-state index in [0.29, 0.717) is 12.4 Å². The van der Waals surface area contributed by atoms with Crippen LogP contribution in [0.25, 0.3) is 11.0 Å². The summed E-state index contributed by atoms with van der Waals surface area (Å²) in [5, 5.41) is 2.91. The van der Waals surface area contributed by atoms with E-state index in [1.54, 1.807) is 20.8 Å². The molecule has 0 aliphatic rings. The molecular formula is C33H39N3O4. The molecule has 7 nitrogen and oxygen atoms in total. The molecule has 1 aromatic heterocycles. The van der Waals surface area contributed by atoms with E-state index in [9.17, 15) is 9.59 Å². The number of hydrogen-bond donors (Lipinski definition) is 1. The van der Waals surface area contributed by atoms with Crippen molar-refractivity contribution in [1.29, 1.82) is 0 Å². The maximum Gasteiger partial charge on any atom is 0.408 e. The summed E-state index contributed by atoms with van der Waals surface area (Å²) in [7, 11) is 0. The van der Waals surface area contributed by atoms with Gasteiger partial charge in [-0.15, -0.1) is 0 Å². The molecule has 1 heterocycles. The number of amides is 1. The van der Waals surface area contributed by atoms with Gasteiger partial charge in [-0.3, -0.25) is 4.79 Å². The smallest absolute Gasteiger partial charge is 0.408 e. The van der Waals surface area contributed by atoms with E-state index in [-0.39, 0.29) is 18.4 Å². The number of nitrogens with one attached hydrogen (secondary N) is 1. The number of alkyl carbamates (subject to hydrolysis) is 1. The third kappa shape index (κ3) is 7.72. The predicted octanol–water partition coefficient (Wildman–Crippen LogP) is 7.08. The van der Waals surface area contributed by atoms with Crippen LogP contribution in [0.4, 0.5) is 4.79 Å². The average molecular weight is 542 g/mol. The molecule has 0 fully saturated rings. The number of benzene rings is 3. The van der Waals surface area contributed by atoms with Crippen molar-refractivity contribution in [3.05, 3.63) is 101 Å². The summed E-state index contributed by atoms with van der Waals surface area (Å²) in [6.07, 6.45) is -0.724. The van der Waals surface area contributed by atoms with Crippen LogP contribution in [0.5, 0.6) is 0 Å². The number of carbonyl (C=O) groups is 2. The maximum atomic E-state index is 13.1. The molecule has 0 saturated carbocycles. The topological polar surface area (TPSA) is 82.4 Å². The summed E-state index contributed by atoms with van der Waals surface area (Å²) in [5.41, 5.74) is 4.06. The second-order valence-electron chi connectivity index (χ2n) is 12.0. The molecule has 0 radical (unpaired) electrons. The van der Waals surface area contributed by atoms with Crippen LogP contribution in [-0.2, 0) is 32.8 Å². The molecule has 210 valence electrons. The van der Waals surface area contributed by atoms with Gasteiger partial charge in [0.2, 0.25) is 0 Å². The first-order valence-electron chi connectivity index (χ1n) is 13.6. The number of fused-ring (bicyclic) bond motifs is 1. The Labute approximate surface area is 236 Å². The van der Waals surface area contributed by atoms with E-state index in [2.05, 4.69) is 48.9 Å². The number of esters is 1. The lowest BCUT2D eigenvalue weighted by molar-refractivity contribution is -0.145. The molecule has 7 heteroatoms. The van der Waals surface area contributed by atoms with Gasteiger partial charge in [-0.2, -0.15) is 0 Å². The monoisotopic (exact) mass is 541 g/mol. The highest BCUT2D eigenvalue weighted by Gasteiger charge is 2.28. The average Bonchev–Trinajstić information content (AvgIpc) is 3.24. The van der Waals surface area contributed by atoms with Gasteiger partial charge in [0.25, 0.3) is 0 Å². The van der Waals surface area contributed by atoms with E-state index < -0.39 is 23.7 Å². The van der Waals surface area contributed by atoms with Crippen molar-refractivity contribution in [2.45, 2.75) is 78.2 Å². The van der Waals surface area contributed by atoms with Crippen molar-refractivity contribution in [3.8, 4) is 0 Å². The zero-order valence-electron chi connectivity index (χ0n) is 24.2. The fraction of sp³-hybridized carbons (Fsp3) is 0.364. The molecule has 4 rings (SSSR count). The van der Waals surface area contributed by atoms with Gasteiger partial charge in [0.15, 0.2) is 0 Å². The van der Waals surface area contributed by atoms with Gasteiger partial charge >= 0.3 is 12.1 Å². The van der Waals surface area contributed by atoms with Gasteiger partial charge < -0.3 is 19.4 Å². The number of nitrogens with zero attached hydrogens (tertiary/aromatic N) is 2. The van der Waals surface area contributed by atoms with Crippen LogP contribution in [0, 0.1) is 0 Å². The van der Waals surface area contributed by atoms with Crippen LogP contribution in [0.15, 0.2) is 78.9 Å². The first-order valence-corrected chi connectivity index (χ1v) is 13.6. The molecule has 0 spiro atoms. The fourth-order valence-electron chi connectivity index (χ4n) is 4.43. The molecule has 1 N–H and O–H groups in total. The number of ether oxygens (including phenoxy) is 2. The molecule has 0 aliphatic carbocycles. The van der Waals surface area contributed by atoms with Gasteiger partial charge in [0.05, 0.1) is 17.5 Å². The molecule has 0 aliphatic heterocycles. The van der Waals surface area contributed by atoms with Crippen LogP contribution in [-0.4, -0.2) is 27.2 Å². The number of carbonyl (C=O) groups excluding carboxylic acids is 2. The minimum atomic E-state index is -0.771. The fourth-order valence-corrected chi connectivity index (χ4v) is 4.43. The number of hydrogen-bond acceptors (Lipinski definition) is 5. The molecule has 40 heavy (non-hydrogen) atoms. The van der Waals surface area contributed by atoms with Crippen molar-refractivity contribution in [1.82, 2.24) is 14.9 Å². The largest absolute Gasteiger partial charge is 0.461 e. The van der Waals surface area contributed by atoms with E-state index in [0.717, 1.165) is 27.7 Å². The highest BCUT2D eigenvalue weighted by molar-refractivity contribution is 5.79. The van der Waals surface area contributed by atoms with Crippen molar-refractivity contribution < 1.29 is 19.1 Å². The lowest BCUT2D eigenvalue weighted by Crippen LogP contribution is -2.37.